The third-order valence-corrected chi connectivity index (χ3v) is 4.30. The Morgan fingerprint density at radius 1 is 1.37 bits per heavy atom. The lowest BCUT2D eigenvalue weighted by atomic mass is 10.2. The maximum atomic E-state index is 11.9. The minimum Gasteiger partial charge on any atom is -0.266 e. The van der Waals surface area contributed by atoms with Crippen LogP contribution in [0.2, 0.25) is 0 Å². The first-order valence-corrected chi connectivity index (χ1v) is 6.72. The molecule has 6 nitrogen and oxygen atoms in total. The highest BCUT2D eigenvalue weighted by Gasteiger charge is 2.09. The van der Waals surface area contributed by atoms with Crippen molar-refractivity contribution in [1.29, 1.82) is 0 Å². The molecule has 2 rings (SSSR count). The van der Waals surface area contributed by atoms with Gasteiger partial charge >= 0.3 is 0 Å². The van der Waals surface area contributed by atoms with Crippen molar-refractivity contribution in [2.75, 3.05) is 0 Å². The third kappa shape index (κ3) is 3.07. The molecule has 2 aromatic rings. The molecular formula is C11H7Br2N3O3. The maximum Gasteiger partial charge on any atom is 0.282 e. The molecule has 0 spiro atoms. The molecule has 0 saturated heterocycles. The molecule has 19 heavy (non-hydrogen) atoms. The highest BCUT2D eigenvalue weighted by Crippen LogP contribution is 2.17. The number of nitro groups is 1. The maximum absolute atomic E-state index is 11.9. The summed E-state index contributed by atoms with van der Waals surface area (Å²) in [5, 5.41) is 14.6. The molecule has 0 aliphatic carbocycles. The molecule has 0 radical (unpaired) electrons. The van der Waals surface area contributed by atoms with Crippen LogP contribution in [-0.2, 0) is 6.54 Å². The molecule has 0 amide bonds. The van der Waals surface area contributed by atoms with Crippen molar-refractivity contribution in [2.24, 2.45) is 0 Å². The van der Waals surface area contributed by atoms with Gasteiger partial charge in [-0.25, -0.2) is 4.68 Å². The molecule has 98 valence electrons. The summed E-state index contributed by atoms with van der Waals surface area (Å²) < 4.78 is 2.16. The molecule has 0 fully saturated rings. The number of aromatic nitrogens is 2. The summed E-state index contributed by atoms with van der Waals surface area (Å²) in [5.74, 6) is 0. The predicted octanol–water partition coefficient (Wildman–Crippen LogP) is 2.72. The van der Waals surface area contributed by atoms with Gasteiger partial charge in [0, 0.05) is 12.1 Å². The van der Waals surface area contributed by atoms with E-state index < -0.39 is 4.92 Å². The lowest BCUT2D eigenvalue weighted by Gasteiger charge is -2.05. The van der Waals surface area contributed by atoms with Crippen molar-refractivity contribution in [3.05, 3.63) is 65.4 Å². The summed E-state index contributed by atoms with van der Waals surface area (Å²) in [5.41, 5.74) is 0.320. The van der Waals surface area contributed by atoms with Crippen LogP contribution in [0.3, 0.4) is 0 Å². The number of nitro benzene ring substituents is 1. The van der Waals surface area contributed by atoms with E-state index in [0.29, 0.717) is 14.5 Å². The lowest BCUT2D eigenvalue weighted by molar-refractivity contribution is -0.384. The smallest absolute Gasteiger partial charge is 0.266 e. The Kier molecular flexibility index (Phi) is 4.11. The highest BCUT2D eigenvalue weighted by atomic mass is 79.9. The second-order valence-corrected chi connectivity index (χ2v) is 5.34. The average Bonchev–Trinajstić information content (AvgIpc) is 2.40. The van der Waals surface area contributed by atoms with Gasteiger partial charge in [0.15, 0.2) is 0 Å². The van der Waals surface area contributed by atoms with Gasteiger partial charge in [-0.15, -0.1) is 0 Å². The van der Waals surface area contributed by atoms with Crippen molar-refractivity contribution >= 4 is 37.5 Å². The molecule has 0 atom stereocenters. The standard InChI is InChI=1S/C11H7Br2N3O3/c12-9-5-14-15(11(17)10(9)13)6-7-2-1-3-8(4-7)16(18)19/h1-5H,6H2. The zero-order chi connectivity index (χ0) is 14.0. The van der Waals surface area contributed by atoms with Gasteiger partial charge in [-0.1, -0.05) is 12.1 Å². The van der Waals surface area contributed by atoms with Crippen molar-refractivity contribution < 1.29 is 4.92 Å². The normalized spacial score (nSPS) is 10.4. The number of rotatable bonds is 3. The molecule has 0 aliphatic rings. The van der Waals surface area contributed by atoms with E-state index in [1.165, 1.54) is 23.0 Å². The Labute approximate surface area is 124 Å². The van der Waals surface area contributed by atoms with E-state index in [1.807, 2.05) is 0 Å². The Balaban J connectivity index is 2.37. The highest BCUT2D eigenvalue weighted by molar-refractivity contribution is 9.13. The van der Waals surface area contributed by atoms with E-state index in [1.54, 1.807) is 12.1 Å². The molecule has 1 aromatic heterocycles. The van der Waals surface area contributed by atoms with Gasteiger partial charge in [-0.2, -0.15) is 5.10 Å². The van der Waals surface area contributed by atoms with Crippen molar-refractivity contribution in [3.8, 4) is 0 Å². The van der Waals surface area contributed by atoms with Crippen LogP contribution in [0.15, 0.2) is 44.2 Å². The van der Waals surface area contributed by atoms with Gasteiger partial charge in [0.1, 0.15) is 4.47 Å². The van der Waals surface area contributed by atoms with E-state index in [4.69, 9.17) is 0 Å². The number of benzene rings is 1. The Morgan fingerprint density at radius 2 is 2.11 bits per heavy atom. The second kappa shape index (κ2) is 5.62. The Hall–Kier alpha value is -1.54. The number of non-ortho nitro benzene ring substituents is 1. The largest absolute Gasteiger partial charge is 0.282 e. The van der Waals surface area contributed by atoms with Gasteiger partial charge in [-0.3, -0.25) is 14.9 Å². The zero-order valence-electron chi connectivity index (χ0n) is 9.42. The number of nitrogens with zero attached hydrogens (tertiary/aromatic N) is 3. The van der Waals surface area contributed by atoms with E-state index in [-0.39, 0.29) is 17.8 Å². The number of hydrogen-bond acceptors (Lipinski definition) is 4. The van der Waals surface area contributed by atoms with Gasteiger partial charge in [0.25, 0.3) is 11.2 Å². The van der Waals surface area contributed by atoms with Crippen LogP contribution in [0.4, 0.5) is 5.69 Å². The molecule has 1 heterocycles. The first-order valence-electron chi connectivity index (χ1n) is 5.13. The summed E-state index contributed by atoms with van der Waals surface area (Å²) in [6.07, 6.45) is 1.49. The van der Waals surface area contributed by atoms with Crippen LogP contribution in [0.5, 0.6) is 0 Å². The molecule has 0 aliphatic heterocycles. The van der Waals surface area contributed by atoms with E-state index >= 15 is 0 Å². The van der Waals surface area contributed by atoms with Crippen LogP contribution in [0.1, 0.15) is 5.56 Å². The minimum atomic E-state index is -0.475. The van der Waals surface area contributed by atoms with Gasteiger partial charge in [-0.05, 0) is 37.4 Å². The SMILES string of the molecule is O=c1c(Br)c(Br)cnn1Cc1cccc([N+](=O)[O-])c1. The average molecular weight is 389 g/mol. The lowest BCUT2D eigenvalue weighted by Crippen LogP contribution is -2.24. The van der Waals surface area contributed by atoms with Crippen LogP contribution in [0.25, 0.3) is 0 Å². The molecule has 0 N–H and O–H groups in total. The zero-order valence-corrected chi connectivity index (χ0v) is 12.6. The molecule has 1 aromatic carbocycles. The van der Waals surface area contributed by atoms with Crippen molar-refractivity contribution in [1.82, 2.24) is 9.78 Å². The second-order valence-electron chi connectivity index (χ2n) is 3.70. The fraction of sp³-hybridized carbons (Fsp3) is 0.0909. The summed E-state index contributed by atoms with van der Waals surface area (Å²) in [6, 6.07) is 6.10. The van der Waals surface area contributed by atoms with E-state index in [2.05, 4.69) is 37.0 Å². The molecule has 0 unspecified atom stereocenters. The molecule has 0 bridgehead atoms. The van der Waals surface area contributed by atoms with Crippen molar-refractivity contribution in [2.45, 2.75) is 6.54 Å². The minimum absolute atomic E-state index is 0.0123. The van der Waals surface area contributed by atoms with E-state index in [0.717, 1.165) is 0 Å². The summed E-state index contributed by atoms with van der Waals surface area (Å²) in [4.78, 5) is 22.1. The fourth-order valence-corrected chi connectivity index (χ4v) is 2.07. The van der Waals surface area contributed by atoms with Crippen LogP contribution in [-0.4, -0.2) is 14.7 Å². The fourth-order valence-electron chi connectivity index (χ4n) is 1.50. The summed E-state index contributed by atoms with van der Waals surface area (Å²) in [6.45, 7) is 0.173. The van der Waals surface area contributed by atoms with Crippen LogP contribution < -0.4 is 5.56 Å². The summed E-state index contributed by atoms with van der Waals surface area (Å²) >= 11 is 6.34. The monoisotopic (exact) mass is 387 g/mol. The van der Waals surface area contributed by atoms with E-state index in [9.17, 15) is 14.9 Å². The molecule has 8 heteroatoms. The van der Waals surface area contributed by atoms with Gasteiger partial charge in [0.2, 0.25) is 0 Å². The number of hydrogen-bond donors (Lipinski definition) is 0. The summed E-state index contributed by atoms with van der Waals surface area (Å²) in [7, 11) is 0. The molecular weight excluding hydrogens is 382 g/mol. The number of halogens is 2. The van der Waals surface area contributed by atoms with Gasteiger partial charge in [0.05, 0.1) is 22.1 Å². The Bertz CT molecular complexity index is 700. The van der Waals surface area contributed by atoms with Gasteiger partial charge < -0.3 is 0 Å². The van der Waals surface area contributed by atoms with Crippen LogP contribution in [0, 0.1) is 10.1 Å². The Morgan fingerprint density at radius 3 is 2.79 bits per heavy atom. The topological polar surface area (TPSA) is 78.0 Å². The quantitative estimate of drug-likeness (QED) is 0.598. The van der Waals surface area contributed by atoms with Crippen LogP contribution >= 0.6 is 31.9 Å². The van der Waals surface area contributed by atoms with Crippen molar-refractivity contribution in [3.63, 3.8) is 0 Å². The molecule has 0 saturated carbocycles. The first kappa shape index (κ1) is 13.9. The predicted molar refractivity (Wildman–Crippen MR) is 76.1 cm³/mol. The first-order chi connectivity index (χ1) is 8.99. The third-order valence-electron chi connectivity index (χ3n) is 2.40.